The number of benzene rings is 3. The maximum absolute atomic E-state index is 13.3. The van der Waals surface area contributed by atoms with Gasteiger partial charge in [-0.3, -0.25) is 9.69 Å². The van der Waals surface area contributed by atoms with Crippen molar-refractivity contribution in [3.05, 3.63) is 88.9 Å². The molecule has 152 valence electrons. The second kappa shape index (κ2) is 7.59. The number of rotatable bonds is 4. The lowest BCUT2D eigenvalue weighted by molar-refractivity contribution is 0.0999. The van der Waals surface area contributed by atoms with Crippen LogP contribution in [-0.4, -0.2) is 26.8 Å². The van der Waals surface area contributed by atoms with Crippen molar-refractivity contribution in [2.75, 3.05) is 15.7 Å². The van der Waals surface area contributed by atoms with E-state index < -0.39 is 16.1 Å². The minimum absolute atomic E-state index is 0.0324. The van der Waals surface area contributed by atoms with E-state index in [9.17, 15) is 18.0 Å². The van der Waals surface area contributed by atoms with E-state index >= 15 is 0 Å². The predicted molar refractivity (Wildman–Crippen MR) is 116 cm³/mol. The summed E-state index contributed by atoms with van der Waals surface area (Å²) in [5, 5.41) is 0.489. The van der Waals surface area contributed by atoms with E-state index in [4.69, 9.17) is 11.6 Å². The number of nitrogens with zero attached hydrogens (tertiary/aromatic N) is 2. The highest BCUT2D eigenvalue weighted by Crippen LogP contribution is 2.37. The van der Waals surface area contributed by atoms with Crippen LogP contribution in [0.15, 0.2) is 77.7 Å². The van der Waals surface area contributed by atoms with Gasteiger partial charge < -0.3 is 0 Å². The van der Waals surface area contributed by atoms with Crippen molar-refractivity contribution < 1.29 is 18.0 Å². The van der Waals surface area contributed by atoms with Gasteiger partial charge in [0.15, 0.2) is 5.78 Å². The Morgan fingerprint density at radius 2 is 1.67 bits per heavy atom. The first-order valence-electron chi connectivity index (χ1n) is 9.10. The summed E-state index contributed by atoms with van der Waals surface area (Å²) in [4.78, 5) is 27.3. The zero-order chi connectivity index (χ0) is 21.5. The third kappa shape index (κ3) is 3.46. The minimum Gasteiger partial charge on any atom is -0.292 e. The average molecular weight is 441 g/mol. The number of carbonyl (C=O) groups is 2. The zero-order valence-electron chi connectivity index (χ0n) is 15.9. The molecule has 0 unspecified atom stereocenters. The molecule has 0 radical (unpaired) electrons. The van der Waals surface area contributed by atoms with Crippen molar-refractivity contribution in [3.8, 4) is 0 Å². The lowest BCUT2D eigenvalue weighted by atomic mass is 10.1. The number of fused-ring (bicyclic) bond motifs is 1. The third-order valence-corrected chi connectivity index (χ3v) is 6.78. The summed E-state index contributed by atoms with van der Waals surface area (Å²) < 4.78 is 27.2. The number of halogens is 1. The van der Waals surface area contributed by atoms with E-state index in [1.807, 2.05) is 0 Å². The number of hydrogen-bond donors (Lipinski definition) is 0. The molecule has 0 aromatic heterocycles. The molecule has 1 aliphatic heterocycles. The summed E-state index contributed by atoms with van der Waals surface area (Å²) in [5.74, 6) is -0.335. The van der Waals surface area contributed by atoms with Crippen LogP contribution in [0.4, 0.5) is 16.2 Å². The second-order valence-electron chi connectivity index (χ2n) is 6.87. The fourth-order valence-electron chi connectivity index (χ4n) is 3.34. The molecule has 0 bridgehead atoms. The number of sulfonamides is 1. The Balaban J connectivity index is 1.81. The standard InChI is InChI=1S/C22H17ClN2O4S/c1-15-5-4-6-18(13-15)25-22(27)24(14-20(26)16-9-11-17(23)12-10-16)19-7-2-3-8-21(19)30(25,28)29/h2-13H,14H2,1H3. The number of Topliss-reactive ketones (excluding diaryl/α,β-unsaturated/α-hetero) is 1. The van der Waals surface area contributed by atoms with Crippen molar-refractivity contribution >= 4 is 44.8 Å². The monoisotopic (exact) mass is 440 g/mol. The predicted octanol–water partition coefficient (Wildman–Crippen LogP) is 4.67. The maximum atomic E-state index is 13.3. The molecule has 6 nitrogen and oxygen atoms in total. The highest BCUT2D eigenvalue weighted by molar-refractivity contribution is 7.94. The van der Waals surface area contributed by atoms with Gasteiger partial charge in [-0.15, -0.1) is 0 Å². The average Bonchev–Trinajstić information content (AvgIpc) is 2.71. The van der Waals surface area contributed by atoms with Gasteiger partial charge >= 0.3 is 6.03 Å². The van der Waals surface area contributed by atoms with Gasteiger partial charge in [-0.05, 0) is 61.0 Å². The van der Waals surface area contributed by atoms with Gasteiger partial charge in [-0.1, -0.05) is 35.9 Å². The normalized spacial score (nSPS) is 15.1. The van der Waals surface area contributed by atoms with E-state index in [0.29, 0.717) is 10.6 Å². The van der Waals surface area contributed by atoms with E-state index in [1.54, 1.807) is 67.6 Å². The van der Waals surface area contributed by atoms with E-state index in [-0.39, 0.29) is 28.6 Å². The molecule has 1 heterocycles. The molecule has 2 amide bonds. The lowest BCUT2D eigenvalue weighted by Gasteiger charge is -2.36. The molecule has 3 aromatic carbocycles. The minimum atomic E-state index is -4.13. The number of carbonyl (C=O) groups excluding carboxylic acids is 2. The SMILES string of the molecule is Cc1cccc(N2C(=O)N(CC(=O)c3ccc(Cl)cc3)c3ccccc3S2(=O)=O)c1. The smallest absolute Gasteiger partial charge is 0.292 e. The molecule has 3 aromatic rings. The Kier molecular flexibility index (Phi) is 5.09. The number of amides is 2. The summed E-state index contributed by atoms with van der Waals surface area (Å²) in [7, 11) is -4.13. The highest BCUT2D eigenvalue weighted by atomic mass is 35.5. The molecule has 0 atom stereocenters. The maximum Gasteiger partial charge on any atom is 0.343 e. The molecular formula is C22H17ClN2O4S. The number of para-hydroxylation sites is 1. The summed E-state index contributed by atoms with van der Waals surface area (Å²) in [6.07, 6.45) is 0. The van der Waals surface area contributed by atoms with Crippen molar-refractivity contribution in [2.45, 2.75) is 11.8 Å². The first-order chi connectivity index (χ1) is 14.3. The summed E-state index contributed by atoms with van der Waals surface area (Å²) >= 11 is 5.88. The molecule has 0 aliphatic carbocycles. The first kappa shape index (κ1) is 20.1. The fraction of sp³-hybridized carbons (Fsp3) is 0.0909. The Morgan fingerprint density at radius 1 is 0.967 bits per heavy atom. The Bertz CT molecular complexity index is 1260. The molecule has 8 heteroatoms. The van der Waals surface area contributed by atoms with E-state index in [2.05, 4.69) is 0 Å². The molecule has 0 saturated carbocycles. The Hall–Kier alpha value is -3.16. The highest BCUT2D eigenvalue weighted by Gasteiger charge is 2.43. The lowest BCUT2D eigenvalue weighted by Crippen LogP contribution is -2.52. The van der Waals surface area contributed by atoms with Gasteiger partial charge in [0.25, 0.3) is 10.0 Å². The summed E-state index contributed by atoms with van der Waals surface area (Å²) in [6.45, 7) is 1.50. The number of anilines is 2. The number of ketones is 1. The van der Waals surface area contributed by atoms with Crippen LogP contribution >= 0.6 is 11.6 Å². The molecule has 0 saturated heterocycles. The van der Waals surface area contributed by atoms with Crippen molar-refractivity contribution in [2.24, 2.45) is 0 Å². The van der Waals surface area contributed by atoms with Crippen LogP contribution in [0.1, 0.15) is 15.9 Å². The molecule has 1 aliphatic rings. The topological polar surface area (TPSA) is 74.8 Å². The Morgan fingerprint density at radius 3 is 2.37 bits per heavy atom. The summed E-state index contributed by atoms with van der Waals surface area (Å²) in [6, 6.07) is 18.3. The summed E-state index contributed by atoms with van der Waals surface area (Å²) in [5.41, 5.74) is 1.57. The number of aryl methyl sites for hydroxylation is 1. The largest absolute Gasteiger partial charge is 0.343 e. The second-order valence-corrected chi connectivity index (χ2v) is 9.07. The molecule has 30 heavy (non-hydrogen) atoms. The zero-order valence-corrected chi connectivity index (χ0v) is 17.5. The Labute approximate surface area is 179 Å². The van der Waals surface area contributed by atoms with Crippen molar-refractivity contribution in [3.63, 3.8) is 0 Å². The van der Waals surface area contributed by atoms with E-state index in [0.717, 1.165) is 9.87 Å². The van der Waals surface area contributed by atoms with Gasteiger partial charge in [0, 0.05) is 10.6 Å². The van der Waals surface area contributed by atoms with Crippen LogP contribution in [0.25, 0.3) is 0 Å². The van der Waals surface area contributed by atoms with Gasteiger partial charge in [0.2, 0.25) is 0 Å². The molecular weight excluding hydrogens is 424 g/mol. The third-order valence-electron chi connectivity index (χ3n) is 4.78. The van der Waals surface area contributed by atoms with Gasteiger partial charge in [-0.2, -0.15) is 4.31 Å². The molecule has 0 fully saturated rings. The van der Waals surface area contributed by atoms with Crippen LogP contribution in [0, 0.1) is 6.92 Å². The van der Waals surface area contributed by atoms with Crippen LogP contribution in [0.3, 0.4) is 0 Å². The first-order valence-corrected chi connectivity index (χ1v) is 10.9. The van der Waals surface area contributed by atoms with Gasteiger partial charge in [0.1, 0.15) is 4.90 Å². The molecule has 4 rings (SSSR count). The van der Waals surface area contributed by atoms with Crippen LogP contribution in [0.5, 0.6) is 0 Å². The quantitative estimate of drug-likeness (QED) is 0.552. The van der Waals surface area contributed by atoms with Gasteiger partial charge in [-0.25, -0.2) is 13.2 Å². The van der Waals surface area contributed by atoms with E-state index in [1.165, 1.54) is 17.0 Å². The van der Waals surface area contributed by atoms with Gasteiger partial charge in [0.05, 0.1) is 17.9 Å². The molecule has 0 spiro atoms. The number of urea groups is 1. The van der Waals surface area contributed by atoms with Crippen LogP contribution in [0.2, 0.25) is 5.02 Å². The molecule has 0 N–H and O–H groups in total. The van der Waals surface area contributed by atoms with Crippen molar-refractivity contribution in [1.82, 2.24) is 0 Å². The number of hydrogen-bond acceptors (Lipinski definition) is 4. The van der Waals surface area contributed by atoms with Crippen LogP contribution < -0.4 is 9.21 Å². The van der Waals surface area contributed by atoms with Crippen LogP contribution in [-0.2, 0) is 10.0 Å². The van der Waals surface area contributed by atoms with Crippen molar-refractivity contribution in [1.29, 1.82) is 0 Å². The fourth-order valence-corrected chi connectivity index (χ4v) is 5.05.